The van der Waals surface area contributed by atoms with E-state index in [2.05, 4.69) is 18.7 Å². The first-order chi connectivity index (χ1) is 9.46. The normalized spacial score (nSPS) is 30.8. The zero-order valence-electron chi connectivity index (χ0n) is 12.9. The average Bonchev–Trinajstić information content (AvgIpc) is 2.47. The second-order valence-corrected chi connectivity index (χ2v) is 8.30. The van der Waals surface area contributed by atoms with Crippen molar-refractivity contribution in [1.29, 1.82) is 0 Å². The maximum atomic E-state index is 12.7. The van der Waals surface area contributed by atoms with E-state index in [4.69, 9.17) is 4.74 Å². The molecule has 2 aliphatic rings. The van der Waals surface area contributed by atoms with Crippen LogP contribution in [0.5, 0.6) is 0 Å². The fourth-order valence-electron chi connectivity index (χ4n) is 3.41. The van der Waals surface area contributed by atoms with Gasteiger partial charge in [0.05, 0.1) is 5.25 Å². The fraction of sp³-hybridized carbons (Fsp3) is 1.00. The summed E-state index contributed by atoms with van der Waals surface area (Å²) < 4.78 is 32.3. The van der Waals surface area contributed by atoms with Gasteiger partial charge in [-0.2, -0.15) is 0 Å². The molecule has 0 spiro atoms. The van der Waals surface area contributed by atoms with Gasteiger partial charge in [-0.3, -0.25) is 0 Å². The van der Waals surface area contributed by atoms with Gasteiger partial charge in [0.1, 0.15) is 0 Å². The van der Waals surface area contributed by atoms with Gasteiger partial charge in [-0.1, -0.05) is 6.92 Å². The van der Waals surface area contributed by atoms with E-state index in [1.54, 1.807) is 11.4 Å². The Labute approximate surface area is 123 Å². The van der Waals surface area contributed by atoms with E-state index in [-0.39, 0.29) is 11.3 Å². The van der Waals surface area contributed by atoms with Crippen molar-refractivity contribution in [2.24, 2.45) is 0 Å². The molecule has 5 nitrogen and oxygen atoms in total. The van der Waals surface area contributed by atoms with Crippen LogP contribution in [0.4, 0.5) is 0 Å². The maximum Gasteiger partial charge on any atom is 0.217 e. The van der Waals surface area contributed by atoms with E-state index in [1.807, 2.05) is 0 Å². The van der Waals surface area contributed by atoms with Crippen molar-refractivity contribution in [3.05, 3.63) is 0 Å². The lowest BCUT2D eigenvalue weighted by molar-refractivity contribution is 0.0945. The van der Waals surface area contributed by atoms with Crippen molar-refractivity contribution in [2.45, 2.75) is 56.9 Å². The molecule has 6 heteroatoms. The van der Waals surface area contributed by atoms with Gasteiger partial charge in [0, 0.05) is 32.3 Å². The Hall–Kier alpha value is -0.170. The Balaban J connectivity index is 2.01. The Morgan fingerprint density at radius 1 is 1.25 bits per heavy atom. The zero-order chi connectivity index (χ0) is 14.8. The molecule has 0 N–H and O–H groups in total. The molecule has 20 heavy (non-hydrogen) atoms. The van der Waals surface area contributed by atoms with Crippen LogP contribution in [-0.4, -0.2) is 68.3 Å². The fourth-order valence-corrected chi connectivity index (χ4v) is 5.28. The van der Waals surface area contributed by atoms with E-state index in [9.17, 15) is 8.42 Å². The molecule has 0 aliphatic carbocycles. The van der Waals surface area contributed by atoms with Crippen molar-refractivity contribution in [2.75, 3.05) is 33.4 Å². The minimum Gasteiger partial charge on any atom is -0.381 e. The molecule has 0 aromatic rings. The molecule has 2 fully saturated rings. The minimum absolute atomic E-state index is 0.153. The largest absolute Gasteiger partial charge is 0.381 e. The highest BCUT2D eigenvalue weighted by Gasteiger charge is 2.37. The van der Waals surface area contributed by atoms with Gasteiger partial charge < -0.3 is 9.64 Å². The highest BCUT2D eigenvalue weighted by molar-refractivity contribution is 7.89. The summed E-state index contributed by atoms with van der Waals surface area (Å²) in [7, 11) is -1.41. The first kappa shape index (κ1) is 16.2. The van der Waals surface area contributed by atoms with Crippen LogP contribution in [0.15, 0.2) is 0 Å². The predicted molar refractivity (Wildman–Crippen MR) is 80.3 cm³/mol. The second kappa shape index (κ2) is 6.73. The Bertz CT molecular complexity index is 407. The monoisotopic (exact) mass is 304 g/mol. The topological polar surface area (TPSA) is 49.9 Å². The molecular formula is C14H28N2O3S. The molecule has 0 radical (unpaired) electrons. The van der Waals surface area contributed by atoms with Crippen LogP contribution in [0.25, 0.3) is 0 Å². The van der Waals surface area contributed by atoms with Crippen molar-refractivity contribution in [3.8, 4) is 0 Å². The molecule has 0 bridgehead atoms. The highest BCUT2D eigenvalue weighted by Crippen LogP contribution is 2.26. The smallest absolute Gasteiger partial charge is 0.217 e. The summed E-state index contributed by atoms with van der Waals surface area (Å²) in [5.74, 6) is 0. The lowest BCUT2D eigenvalue weighted by Crippen LogP contribution is -2.51. The van der Waals surface area contributed by atoms with E-state index in [1.165, 1.54) is 0 Å². The third-order valence-corrected chi connectivity index (χ3v) is 7.31. The van der Waals surface area contributed by atoms with E-state index in [0.717, 1.165) is 25.9 Å². The lowest BCUT2D eigenvalue weighted by Gasteiger charge is -2.41. The van der Waals surface area contributed by atoms with Crippen LogP contribution in [0.1, 0.15) is 39.5 Å². The second-order valence-electron chi connectivity index (χ2n) is 6.03. The third kappa shape index (κ3) is 3.35. The number of ether oxygens (including phenoxy) is 1. The zero-order valence-corrected chi connectivity index (χ0v) is 13.7. The third-order valence-electron chi connectivity index (χ3n) is 4.90. The van der Waals surface area contributed by atoms with Gasteiger partial charge in [0.15, 0.2) is 0 Å². The molecular weight excluding hydrogens is 276 g/mol. The van der Waals surface area contributed by atoms with Crippen LogP contribution < -0.4 is 0 Å². The molecule has 0 amide bonds. The van der Waals surface area contributed by atoms with E-state index in [0.29, 0.717) is 32.1 Å². The lowest BCUT2D eigenvalue weighted by atomic mass is 9.99. The number of sulfonamides is 1. The van der Waals surface area contributed by atoms with Crippen molar-refractivity contribution < 1.29 is 13.2 Å². The minimum atomic E-state index is -3.17. The Morgan fingerprint density at radius 2 is 1.90 bits per heavy atom. The molecule has 2 saturated heterocycles. The summed E-state index contributed by atoms with van der Waals surface area (Å²) in [6.07, 6.45) is 3.15. The van der Waals surface area contributed by atoms with E-state index < -0.39 is 10.0 Å². The first-order valence-corrected chi connectivity index (χ1v) is 9.25. The number of hydrogen-bond acceptors (Lipinski definition) is 4. The van der Waals surface area contributed by atoms with Crippen molar-refractivity contribution in [3.63, 3.8) is 0 Å². The standard InChI is InChI=1S/C14H28N2O3S/c1-4-16-8-5-13(11-12(16)2)15(3)20(17,18)14-6-9-19-10-7-14/h12-14H,4-11H2,1-3H3/t12-,13-/m1/s1. The molecule has 2 heterocycles. The number of likely N-dealkylation sites (tertiary alicyclic amines) is 1. The molecule has 2 aliphatic heterocycles. The molecule has 0 aromatic heterocycles. The predicted octanol–water partition coefficient (Wildman–Crippen LogP) is 1.30. The molecule has 2 rings (SSSR count). The van der Waals surface area contributed by atoms with Gasteiger partial charge in [-0.25, -0.2) is 12.7 Å². The first-order valence-electron chi connectivity index (χ1n) is 7.75. The molecule has 118 valence electrons. The maximum absolute atomic E-state index is 12.7. The van der Waals surface area contributed by atoms with Gasteiger partial charge in [-0.05, 0) is 45.7 Å². The SMILES string of the molecule is CCN1CC[C@@H](N(C)S(=O)(=O)C2CCOCC2)C[C@H]1C. The van der Waals surface area contributed by atoms with Gasteiger partial charge >= 0.3 is 0 Å². The summed E-state index contributed by atoms with van der Waals surface area (Å²) in [4.78, 5) is 2.42. The summed E-state index contributed by atoms with van der Waals surface area (Å²) in [5.41, 5.74) is 0. The van der Waals surface area contributed by atoms with Crippen molar-refractivity contribution >= 4 is 10.0 Å². The van der Waals surface area contributed by atoms with Crippen LogP contribution in [0.3, 0.4) is 0 Å². The molecule has 0 aromatic carbocycles. The average molecular weight is 304 g/mol. The molecule has 2 atom stereocenters. The van der Waals surface area contributed by atoms with Crippen molar-refractivity contribution in [1.82, 2.24) is 9.21 Å². The quantitative estimate of drug-likeness (QED) is 0.785. The van der Waals surface area contributed by atoms with Gasteiger partial charge in [0.25, 0.3) is 0 Å². The Kier molecular flexibility index (Phi) is 5.45. The van der Waals surface area contributed by atoms with Crippen LogP contribution in [0.2, 0.25) is 0 Å². The Morgan fingerprint density at radius 3 is 2.45 bits per heavy atom. The molecule has 0 saturated carbocycles. The van der Waals surface area contributed by atoms with Crippen LogP contribution in [0, 0.1) is 0 Å². The highest BCUT2D eigenvalue weighted by atomic mass is 32.2. The van der Waals surface area contributed by atoms with Crippen LogP contribution in [-0.2, 0) is 14.8 Å². The number of hydrogen-bond donors (Lipinski definition) is 0. The number of piperidine rings is 1. The summed E-state index contributed by atoms with van der Waals surface area (Å²) in [5, 5.41) is -0.249. The summed E-state index contributed by atoms with van der Waals surface area (Å²) in [6, 6.07) is 0.617. The van der Waals surface area contributed by atoms with Gasteiger partial charge in [-0.15, -0.1) is 0 Å². The van der Waals surface area contributed by atoms with Crippen LogP contribution >= 0.6 is 0 Å². The summed E-state index contributed by atoms with van der Waals surface area (Å²) in [6.45, 7) is 7.55. The number of rotatable bonds is 4. The van der Waals surface area contributed by atoms with E-state index >= 15 is 0 Å². The number of nitrogens with zero attached hydrogens (tertiary/aromatic N) is 2. The molecule has 0 unspecified atom stereocenters. The summed E-state index contributed by atoms with van der Waals surface area (Å²) >= 11 is 0. The van der Waals surface area contributed by atoms with Gasteiger partial charge in [0.2, 0.25) is 10.0 Å².